The van der Waals surface area contributed by atoms with Gasteiger partial charge in [-0.1, -0.05) is 6.92 Å². The van der Waals surface area contributed by atoms with Crippen molar-refractivity contribution in [2.75, 3.05) is 19.0 Å². The van der Waals surface area contributed by atoms with Crippen molar-refractivity contribution in [3.8, 4) is 5.75 Å². The lowest BCUT2D eigenvalue weighted by atomic mass is 10.1. The third-order valence-corrected chi connectivity index (χ3v) is 3.32. The van der Waals surface area contributed by atoms with Crippen molar-refractivity contribution in [3.63, 3.8) is 0 Å². The van der Waals surface area contributed by atoms with Crippen molar-refractivity contribution in [2.45, 2.75) is 19.8 Å². The van der Waals surface area contributed by atoms with E-state index in [1.54, 1.807) is 7.11 Å². The molecule has 3 N–H and O–H groups in total. The lowest BCUT2D eigenvalue weighted by Crippen LogP contribution is -2.16. The topological polar surface area (TPSA) is 64.3 Å². The Hall–Kier alpha value is -1.07. The summed E-state index contributed by atoms with van der Waals surface area (Å²) in [6.07, 6.45) is 1.29. The number of ether oxygens (including phenoxy) is 1. The van der Waals surface area contributed by atoms with Crippen LogP contribution in [0.4, 0.5) is 5.69 Å². The Bertz CT molecular complexity index is 410. The van der Waals surface area contributed by atoms with E-state index in [0.717, 1.165) is 22.3 Å². The maximum Gasteiger partial charge on any atom is 0.224 e. The number of carbonyl (C=O) groups excluding carboxylic acids is 1. The first-order chi connectivity index (χ1) is 8.56. The first-order valence-corrected chi connectivity index (χ1v) is 6.69. The van der Waals surface area contributed by atoms with E-state index in [2.05, 4.69) is 21.2 Å². The minimum atomic E-state index is 0.00682. The number of hydrogen-bond donors (Lipinski definition) is 2. The Kier molecular flexibility index (Phi) is 6.15. The molecule has 1 aromatic rings. The van der Waals surface area contributed by atoms with Gasteiger partial charge in [0.05, 0.1) is 11.6 Å². The van der Waals surface area contributed by atoms with Crippen molar-refractivity contribution >= 4 is 27.5 Å². The van der Waals surface area contributed by atoms with Crippen LogP contribution in [0, 0.1) is 5.92 Å². The number of rotatable bonds is 6. The van der Waals surface area contributed by atoms with Crippen molar-refractivity contribution in [2.24, 2.45) is 11.7 Å². The summed E-state index contributed by atoms with van der Waals surface area (Å²) in [4.78, 5) is 11.7. The molecule has 0 saturated heterocycles. The number of nitrogens with two attached hydrogens (primary N) is 1. The van der Waals surface area contributed by atoms with Gasteiger partial charge in [-0.15, -0.1) is 0 Å². The number of anilines is 1. The standard InChI is InChI=1S/C13H19BrN2O2/c1-9(8-15)3-6-13(17)16-10-4-5-12(18-2)11(14)7-10/h4-5,7,9H,3,6,8,15H2,1-2H3,(H,16,17). The Morgan fingerprint density at radius 3 is 2.83 bits per heavy atom. The Balaban J connectivity index is 2.52. The molecule has 1 amide bonds. The van der Waals surface area contributed by atoms with E-state index in [-0.39, 0.29) is 5.91 Å². The second-order valence-corrected chi connectivity index (χ2v) is 5.13. The molecule has 0 aliphatic rings. The van der Waals surface area contributed by atoms with Crippen molar-refractivity contribution in [1.29, 1.82) is 0 Å². The molecule has 0 heterocycles. The molecule has 100 valence electrons. The number of halogens is 1. The van der Waals surface area contributed by atoms with E-state index in [1.807, 2.05) is 25.1 Å². The molecule has 1 unspecified atom stereocenters. The predicted octanol–water partition coefficient (Wildman–Crippen LogP) is 2.77. The maximum atomic E-state index is 11.7. The summed E-state index contributed by atoms with van der Waals surface area (Å²) in [7, 11) is 1.60. The molecule has 0 aliphatic carbocycles. The van der Waals surface area contributed by atoms with E-state index < -0.39 is 0 Å². The molecular formula is C13H19BrN2O2. The Morgan fingerprint density at radius 1 is 1.56 bits per heavy atom. The molecule has 0 radical (unpaired) electrons. The SMILES string of the molecule is COc1ccc(NC(=O)CCC(C)CN)cc1Br. The van der Waals surface area contributed by atoms with Crippen molar-refractivity contribution < 1.29 is 9.53 Å². The number of benzene rings is 1. The Labute approximate surface area is 116 Å². The molecule has 0 aromatic heterocycles. The summed E-state index contributed by atoms with van der Waals surface area (Å²) in [6.45, 7) is 2.65. The van der Waals surface area contributed by atoms with E-state index in [9.17, 15) is 4.79 Å². The quantitative estimate of drug-likeness (QED) is 0.848. The average Bonchev–Trinajstić information content (AvgIpc) is 2.36. The molecule has 0 saturated carbocycles. The van der Waals surface area contributed by atoms with E-state index in [4.69, 9.17) is 10.5 Å². The Morgan fingerprint density at radius 2 is 2.28 bits per heavy atom. The minimum absolute atomic E-state index is 0.00682. The van der Waals surface area contributed by atoms with Crippen LogP contribution < -0.4 is 15.8 Å². The molecule has 0 spiro atoms. The van der Waals surface area contributed by atoms with Crippen molar-refractivity contribution in [1.82, 2.24) is 0 Å². The molecule has 18 heavy (non-hydrogen) atoms. The van der Waals surface area contributed by atoms with Gasteiger partial charge in [0.2, 0.25) is 5.91 Å². The van der Waals surface area contributed by atoms with Crippen molar-refractivity contribution in [3.05, 3.63) is 22.7 Å². The highest BCUT2D eigenvalue weighted by Crippen LogP contribution is 2.27. The molecule has 0 fully saturated rings. The third kappa shape index (κ3) is 4.66. The minimum Gasteiger partial charge on any atom is -0.496 e. The van der Waals surface area contributed by atoms with Gasteiger partial charge >= 0.3 is 0 Å². The highest BCUT2D eigenvalue weighted by molar-refractivity contribution is 9.10. The summed E-state index contributed by atoms with van der Waals surface area (Å²) < 4.78 is 5.94. The zero-order valence-corrected chi connectivity index (χ0v) is 12.3. The molecule has 0 aliphatic heterocycles. The predicted molar refractivity (Wildman–Crippen MR) is 76.8 cm³/mol. The van der Waals surface area contributed by atoms with Crippen LogP contribution >= 0.6 is 15.9 Å². The average molecular weight is 315 g/mol. The number of methoxy groups -OCH3 is 1. The normalized spacial score (nSPS) is 12.0. The lowest BCUT2D eigenvalue weighted by molar-refractivity contribution is -0.116. The van der Waals surface area contributed by atoms with Gasteiger partial charge in [-0.25, -0.2) is 0 Å². The highest BCUT2D eigenvalue weighted by Gasteiger charge is 2.07. The molecule has 1 rings (SSSR count). The fourth-order valence-electron chi connectivity index (χ4n) is 1.46. The van der Waals surface area contributed by atoms with Gasteiger partial charge in [0, 0.05) is 12.1 Å². The van der Waals surface area contributed by atoms with Gasteiger partial charge in [0.1, 0.15) is 5.75 Å². The summed E-state index contributed by atoms with van der Waals surface area (Å²) >= 11 is 3.38. The first-order valence-electron chi connectivity index (χ1n) is 5.90. The van der Waals surface area contributed by atoms with Crippen LogP contribution in [0.1, 0.15) is 19.8 Å². The summed E-state index contributed by atoms with van der Waals surface area (Å²) in [5, 5.41) is 2.85. The summed E-state index contributed by atoms with van der Waals surface area (Å²) in [5.74, 6) is 1.12. The maximum absolute atomic E-state index is 11.7. The van der Waals surface area contributed by atoms with Crippen LogP contribution in [0.2, 0.25) is 0 Å². The van der Waals surface area contributed by atoms with Gasteiger partial charge < -0.3 is 15.8 Å². The smallest absolute Gasteiger partial charge is 0.224 e. The molecule has 0 bridgehead atoms. The highest BCUT2D eigenvalue weighted by atomic mass is 79.9. The van der Waals surface area contributed by atoms with Crippen LogP contribution in [0.5, 0.6) is 5.75 Å². The van der Waals surface area contributed by atoms with Gasteiger partial charge in [-0.05, 0) is 53.0 Å². The van der Waals surface area contributed by atoms with Gasteiger partial charge in [-0.2, -0.15) is 0 Å². The molecule has 4 nitrogen and oxygen atoms in total. The zero-order chi connectivity index (χ0) is 13.5. The second-order valence-electron chi connectivity index (χ2n) is 4.28. The fraction of sp³-hybridized carbons (Fsp3) is 0.462. The number of amides is 1. The second kappa shape index (κ2) is 7.38. The van der Waals surface area contributed by atoms with E-state index in [0.29, 0.717) is 18.9 Å². The first kappa shape index (κ1) is 15.0. The fourth-order valence-corrected chi connectivity index (χ4v) is 2.00. The largest absolute Gasteiger partial charge is 0.496 e. The van der Waals surface area contributed by atoms with Crippen LogP contribution in [0.25, 0.3) is 0 Å². The zero-order valence-electron chi connectivity index (χ0n) is 10.7. The number of nitrogens with one attached hydrogen (secondary N) is 1. The van der Waals surface area contributed by atoms with Crippen LogP contribution in [-0.4, -0.2) is 19.6 Å². The van der Waals surface area contributed by atoms with Gasteiger partial charge in [-0.3, -0.25) is 4.79 Å². The summed E-state index contributed by atoms with van der Waals surface area (Å²) in [6, 6.07) is 5.44. The van der Waals surface area contributed by atoms with Crippen LogP contribution in [0.15, 0.2) is 22.7 Å². The summed E-state index contributed by atoms with van der Waals surface area (Å²) in [5.41, 5.74) is 6.27. The molecule has 1 atom stereocenters. The lowest BCUT2D eigenvalue weighted by Gasteiger charge is -2.10. The third-order valence-electron chi connectivity index (χ3n) is 2.70. The number of carbonyl (C=O) groups is 1. The van der Waals surface area contributed by atoms with E-state index in [1.165, 1.54) is 0 Å². The van der Waals surface area contributed by atoms with Crippen LogP contribution in [0.3, 0.4) is 0 Å². The van der Waals surface area contributed by atoms with Crippen LogP contribution in [-0.2, 0) is 4.79 Å². The number of hydrogen-bond acceptors (Lipinski definition) is 3. The van der Waals surface area contributed by atoms with E-state index >= 15 is 0 Å². The molecular weight excluding hydrogens is 296 g/mol. The monoisotopic (exact) mass is 314 g/mol. The molecule has 1 aromatic carbocycles. The van der Waals surface area contributed by atoms with Gasteiger partial charge in [0.25, 0.3) is 0 Å². The molecule has 5 heteroatoms. The van der Waals surface area contributed by atoms with Gasteiger partial charge in [0.15, 0.2) is 0 Å².